The van der Waals surface area contributed by atoms with Crippen LogP contribution < -0.4 is 5.32 Å². The molecule has 0 aliphatic carbocycles. The van der Waals surface area contributed by atoms with E-state index in [2.05, 4.69) is 20.4 Å². The molecule has 0 bridgehead atoms. The summed E-state index contributed by atoms with van der Waals surface area (Å²) in [7, 11) is 0. The van der Waals surface area contributed by atoms with Crippen molar-refractivity contribution in [3.8, 4) is 10.6 Å². The maximum Gasteiger partial charge on any atom is 0.294 e. The molecule has 0 fully saturated rings. The van der Waals surface area contributed by atoms with Gasteiger partial charge in [-0.3, -0.25) is 4.79 Å². The number of thiazole rings is 1. The SMILES string of the molecule is O=C(Nc1ccc(-c2nc3cccnc3s2)cc1)c1ccno1. The van der Waals surface area contributed by atoms with Gasteiger partial charge in [-0.1, -0.05) is 16.5 Å². The third-order valence-electron chi connectivity index (χ3n) is 3.22. The van der Waals surface area contributed by atoms with Crippen molar-refractivity contribution in [2.75, 3.05) is 5.32 Å². The number of amides is 1. The number of carbonyl (C=O) groups excluding carboxylic acids is 1. The van der Waals surface area contributed by atoms with E-state index in [0.29, 0.717) is 5.69 Å². The van der Waals surface area contributed by atoms with Gasteiger partial charge in [-0.2, -0.15) is 0 Å². The molecular formula is C16H10N4O2S. The van der Waals surface area contributed by atoms with Crippen LogP contribution in [0.4, 0.5) is 5.69 Å². The zero-order valence-electron chi connectivity index (χ0n) is 11.8. The number of carbonyl (C=O) groups is 1. The minimum Gasteiger partial charge on any atom is -0.351 e. The molecule has 3 aromatic heterocycles. The lowest BCUT2D eigenvalue weighted by molar-refractivity contribution is 0.0988. The number of benzene rings is 1. The van der Waals surface area contributed by atoms with E-state index in [9.17, 15) is 4.79 Å². The molecule has 0 saturated heterocycles. The van der Waals surface area contributed by atoms with Gasteiger partial charge in [0.25, 0.3) is 5.91 Å². The van der Waals surface area contributed by atoms with E-state index in [-0.39, 0.29) is 11.7 Å². The Morgan fingerprint density at radius 3 is 2.70 bits per heavy atom. The Kier molecular flexibility index (Phi) is 3.32. The van der Waals surface area contributed by atoms with Gasteiger partial charge < -0.3 is 9.84 Å². The highest BCUT2D eigenvalue weighted by molar-refractivity contribution is 7.21. The minimum absolute atomic E-state index is 0.173. The van der Waals surface area contributed by atoms with Crippen molar-refractivity contribution in [3.63, 3.8) is 0 Å². The van der Waals surface area contributed by atoms with Crippen LogP contribution in [0.3, 0.4) is 0 Å². The number of rotatable bonds is 3. The predicted molar refractivity (Wildman–Crippen MR) is 87.3 cm³/mol. The van der Waals surface area contributed by atoms with Crippen molar-refractivity contribution in [1.29, 1.82) is 0 Å². The first-order valence-electron chi connectivity index (χ1n) is 6.84. The largest absolute Gasteiger partial charge is 0.351 e. The summed E-state index contributed by atoms with van der Waals surface area (Å²) in [6.07, 6.45) is 3.19. The van der Waals surface area contributed by atoms with Gasteiger partial charge in [0.2, 0.25) is 5.76 Å². The van der Waals surface area contributed by atoms with Crippen molar-refractivity contribution in [3.05, 3.63) is 60.6 Å². The smallest absolute Gasteiger partial charge is 0.294 e. The highest BCUT2D eigenvalue weighted by Crippen LogP contribution is 2.29. The lowest BCUT2D eigenvalue weighted by atomic mass is 10.2. The lowest BCUT2D eigenvalue weighted by Crippen LogP contribution is -2.10. The molecule has 1 N–H and O–H groups in total. The summed E-state index contributed by atoms with van der Waals surface area (Å²) in [5, 5.41) is 7.15. The lowest BCUT2D eigenvalue weighted by Gasteiger charge is -2.03. The summed E-state index contributed by atoms with van der Waals surface area (Å²) in [4.78, 5) is 21.6. The molecule has 0 unspecified atom stereocenters. The number of pyridine rings is 1. The van der Waals surface area contributed by atoms with Gasteiger partial charge in [-0.25, -0.2) is 9.97 Å². The van der Waals surface area contributed by atoms with Gasteiger partial charge in [-0.15, -0.1) is 0 Å². The van der Waals surface area contributed by atoms with E-state index in [1.807, 2.05) is 36.4 Å². The Balaban J connectivity index is 1.57. The first kappa shape index (κ1) is 13.6. The summed E-state index contributed by atoms with van der Waals surface area (Å²) in [6.45, 7) is 0. The number of aromatic nitrogens is 3. The Morgan fingerprint density at radius 2 is 1.96 bits per heavy atom. The second-order valence-electron chi connectivity index (χ2n) is 4.75. The Morgan fingerprint density at radius 1 is 1.09 bits per heavy atom. The van der Waals surface area contributed by atoms with Gasteiger partial charge in [0.15, 0.2) is 0 Å². The average molecular weight is 322 g/mol. The monoisotopic (exact) mass is 322 g/mol. The molecular weight excluding hydrogens is 312 g/mol. The quantitative estimate of drug-likeness (QED) is 0.623. The molecule has 112 valence electrons. The Bertz CT molecular complexity index is 928. The highest BCUT2D eigenvalue weighted by atomic mass is 32.1. The van der Waals surface area contributed by atoms with Crippen LogP contribution in [0.1, 0.15) is 10.6 Å². The molecule has 0 spiro atoms. The summed E-state index contributed by atoms with van der Waals surface area (Å²) >= 11 is 1.54. The number of nitrogens with one attached hydrogen (secondary N) is 1. The van der Waals surface area contributed by atoms with Crippen LogP contribution in [0.5, 0.6) is 0 Å². The zero-order valence-corrected chi connectivity index (χ0v) is 12.6. The van der Waals surface area contributed by atoms with E-state index in [4.69, 9.17) is 4.52 Å². The molecule has 1 amide bonds. The minimum atomic E-state index is -0.334. The Labute approximate surface area is 134 Å². The topological polar surface area (TPSA) is 80.9 Å². The van der Waals surface area contributed by atoms with Crippen LogP contribution in [0.15, 0.2) is 59.4 Å². The summed E-state index contributed by atoms with van der Waals surface area (Å²) in [5.41, 5.74) is 2.54. The summed E-state index contributed by atoms with van der Waals surface area (Å²) < 4.78 is 4.82. The molecule has 0 aliphatic heterocycles. The fourth-order valence-corrected chi connectivity index (χ4v) is 3.03. The van der Waals surface area contributed by atoms with E-state index >= 15 is 0 Å². The third kappa shape index (κ3) is 2.69. The molecule has 0 saturated carbocycles. The maximum atomic E-state index is 11.9. The normalized spacial score (nSPS) is 10.8. The number of fused-ring (bicyclic) bond motifs is 1. The highest BCUT2D eigenvalue weighted by Gasteiger charge is 2.11. The van der Waals surface area contributed by atoms with Crippen LogP contribution in [0, 0.1) is 0 Å². The number of anilines is 1. The average Bonchev–Trinajstić information content (AvgIpc) is 3.25. The summed E-state index contributed by atoms with van der Waals surface area (Å²) in [5.74, 6) is -0.161. The van der Waals surface area contributed by atoms with Crippen molar-refractivity contribution in [1.82, 2.24) is 15.1 Å². The molecule has 7 heteroatoms. The molecule has 23 heavy (non-hydrogen) atoms. The molecule has 0 atom stereocenters. The second kappa shape index (κ2) is 5.62. The molecule has 0 aliphatic rings. The van der Waals surface area contributed by atoms with Crippen LogP contribution in [-0.4, -0.2) is 21.0 Å². The van der Waals surface area contributed by atoms with Crippen molar-refractivity contribution >= 4 is 33.3 Å². The van der Waals surface area contributed by atoms with E-state index in [0.717, 1.165) is 20.9 Å². The van der Waals surface area contributed by atoms with E-state index < -0.39 is 0 Å². The third-order valence-corrected chi connectivity index (χ3v) is 4.25. The summed E-state index contributed by atoms with van der Waals surface area (Å²) in [6, 6.07) is 12.8. The second-order valence-corrected chi connectivity index (χ2v) is 5.73. The number of hydrogen-bond donors (Lipinski definition) is 1. The van der Waals surface area contributed by atoms with Crippen molar-refractivity contribution in [2.24, 2.45) is 0 Å². The van der Waals surface area contributed by atoms with Crippen LogP contribution >= 0.6 is 11.3 Å². The molecule has 4 aromatic rings. The molecule has 6 nitrogen and oxygen atoms in total. The molecule has 4 rings (SSSR count). The fourth-order valence-electron chi connectivity index (χ4n) is 2.12. The van der Waals surface area contributed by atoms with Gasteiger partial charge in [0.05, 0.1) is 6.20 Å². The van der Waals surface area contributed by atoms with Gasteiger partial charge >= 0.3 is 0 Å². The number of nitrogens with zero attached hydrogens (tertiary/aromatic N) is 3. The predicted octanol–water partition coefficient (Wildman–Crippen LogP) is 3.60. The number of hydrogen-bond acceptors (Lipinski definition) is 6. The first-order valence-corrected chi connectivity index (χ1v) is 7.65. The van der Waals surface area contributed by atoms with E-state index in [1.54, 1.807) is 6.20 Å². The molecule has 0 radical (unpaired) electrons. The standard InChI is InChI=1S/C16H10N4O2S/c21-14(13-7-9-18-22-13)19-11-5-3-10(4-6-11)15-20-12-2-1-8-17-16(12)23-15/h1-9H,(H,19,21). The van der Waals surface area contributed by atoms with Gasteiger partial charge in [0.1, 0.15) is 15.4 Å². The van der Waals surface area contributed by atoms with Gasteiger partial charge in [-0.05, 0) is 36.4 Å². The maximum absolute atomic E-state index is 11.9. The van der Waals surface area contributed by atoms with Crippen LogP contribution in [0.25, 0.3) is 20.9 Å². The molecule has 3 heterocycles. The van der Waals surface area contributed by atoms with Crippen molar-refractivity contribution < 1.29 is 9.32 Å². The van der Waals surface area contributed by atoms with Gasteiger partial charge in [0, 0.05) is 23.5 Å². The fraction of sp³-hybridized carbons (Fsp3) is 0. The zero-order chi connectivity index (χ0) is 15.6. The van der Waals surface area contributed by atoms with Crippen molar-refractivity contribution in [2.45, 2.75) is 0 Å². The van der Waals surface area contributed by atoms with Crippen LogP contribution in [0.2, 0.25) is 0 Å². The molecule has 1 aromatic carbocycles. The van der Waals surface area contributed by atoms with Crippen LogP contribution in [-0.2, 0) is 0 Å². The Hall–Kier alpha value is -3.06. The van der Waals surface area contributed by atoms with E-state index in [1.165, 1.54) is 23.6 Å². The first-order chi connectivity index (χ1) is 11.3.